The third-order valence-electron chi connectivity index (χ3n) is 3.76. The van der Waals surface area contributed by atoms with Gasteiger partial charge in [-0.25, -0.2) is 0 Å². The van der Waals surface area contributed by atoms with Crippen molar-refractivity contribution in [2.75, 3.05) is 7.05 Å². The average Bonchev–Trinajstić information content (AvgIpc) is 2.27. The lowest BCUT2D eigenvalue weighted by Gasteiger charge is -2.27. The number of hydrogen-bond acceptors (Lipinski definition) is 1. The van der Waals surface area contributed by atoms with Crippen molar-refractivity contribution in [3.63, 3.8) is 0 Å². The largest absolute Gasteiger partial charge is 0.313 e. The molecule has 0 bridgehead atoms. The Bertz CT molecular complexity index is 401. The molecule has 108 valence electrons. The summed E-state index contributed by atoms with van der Waals surface area (Å²) in [5, 5.41) is 3.50. The van der Waals surface area contributed by atoms with Gasteiger partial charge in [0.25, 0.3) is 0 Å². The lowest BCUT2D eigenvalue weighted by molar-refractivity contribution is 0.279. The summed E-state index contributed by atoms with van der Waals surface area (Å²) in [6.45, 7) is 13.8. The van der Waals surface area contributed by atoms with E-state index in [-0.39, 0.29) is 0 Å². The zero-order valence-electron chi connectivity index (χ0n) is 13.8. The van der Waals surface area contributed by atoms with Crippen LogP contribution in [0, 0.1) is 25.2 Å². The molecule has 0 amide bonds. The van der Waals surface area contributed by atoms with Crippen molar-refractivity contribution >= 4 is 0 Å². The molecular weight excluding hydrogens is 230 g/mol. The number of rotatable bonds is 5. The van der Waals surface area contributed by atoms with Crippen LogP contribution >= 0.6 is 0 Å². The first-order valence-electron chi connectivity index (χ1n) is 7.47. The first-order valence-corrected chi connectivity index (χ1v) is 7.47. The van der Waals surface area contributed by atoms with Crippen LogP contribution in [0.4, 0.5) is 0 Å². The molecule has 0 aliphatic rings. The minimum Gasteiger partial charge on any atom is -0.313 e. The van der Waals surface area contributed by atoms with Gasteiger partial charge >= 0.3 is 0 Å². The van der Waals surface area contributed by atoms with E-state index in [2.05, 4.69) is 72.1 Å². The van der Waals surface area contributed by atoms with Crippen LogP contribution < -0.4 is 5.32 Å². The van der Waals surface area contributed by atoms with E-state index in [0.717, 1.165) is 5.92 Å². The van der Waals surface area contributed by atoms with Crippen molar-refractivity contribution in [1.29, 1.82) is 0 Å². The maximum atomic E-state index is 3.50. The number of aryl methyl sites for hydroxylation is 2. The molecule has 1 rings (SSSR count). The molecule has 1 N–H and O–H groups in total. The topological polar surface area (TPSA) is 12.0 Å². The zero-order valence-corrected chi connectivity index (χ0v) is 13.8. The van der Waals surface area contributed by atoms with Gasteiger partial charge in [0.2, 0.25) is 0 Å². The molecular formula is C18H31N. The Balaban J connectivity index is 2.80. The van der Waals surface area contributed by atoms with E-state index in [1.54, 1.807) is 0 Å². The molecule has 1 aromatic carbocycles. The van der Waals surface area contributed by atoms with Crippen LogP contribution in [0.3, 0.4) is 0 Å². The Kier molecular flexibility index (Phi) is 5.61. The van der Waals surface area contributed by atoms with Crippen LogP contribution in [-0.4, -0.2) is 7.05 Å². The fourth-order valence-electron chi connectivity index (χ4n) is 3.07. The second-order valence-electron chi connectivity index (χ2n) is 7.31. The van der Waals surface area contributed by atoms with Crippen molar-refractivity contribution in [1.82, 2.24) is 5.32 Å². The summed E-state index contributed by atoms with van der Waals surface area (Å²) in [4.78, 5) is 0. The predicted octanol–water partition coefficient (Wildman–Crippen LogP) is 5.03. The van der Waals surface area contributed by atoms with Crippen molar-refractivity contribution < 1.29 is 0 Å². The van der Waals surface area contributed by atoms with Crippen LogP contribution in [0.1, 0.15) is 63.3 Å². The predicted molar refractivity (Wildman–Crippen MR) is 85.6 cm³/mol. The highest BCUT2D eigenvalue weighted by atomic mass is 14.9. The molecule has 0 saturated heterocycles. The molecule has 0 aliphatic carbocycles. The number of nitrogens with one attached hydrogen (secondary N) is 1. The van der Waals surface area contributed by atoms with Gasteiger partial charge in [-0.1, -0.05) is 51.5 Å². The Labute approximate surface area is 119 Å². The molecule has 0 fully saturated rings. The van der Waals surface area contributed by atoms with Gasteiger partial charge in [-0.2, -0.15) is 0 Å². The normalized spacial score (nSPS) is 15.3. The Morgan fingerprint density at radius 2 is 1.79 bits per heavy atom. The van der Waals surface area contributed by atoms with E-state index in [4.69, 9.17) is 0 Å². The molecule has 19 heavy (non-hydrogen) atoms. The Morgan fingerprint density at radius 3 is 2.32 bits per heavy atom. The lowest BCUT2D eigenvalue weighted by Crippen LogP contribution is -2.22. The first kappa shape index (κ1) is 16.2. The standard InChI is InChI=1S/C18H31N/c1-13-8-9-15(3)16(10-13)17(19-7)11-14(2)12-18(4,5)6/h8-10,14,17,19H,11-12H2,1-7H3. The molecule has 0 spiro atoms. The van der Waals surface area contributed by atoms with E-state index in [1.807, 2.05) is 0 Å². The maximum Gasteiger partial charge on any atom is 0.0322 e. The second-order valence-corrected chi connectivity index (χ2v) is 7.31. The maximum absolute atomic E-state index is 3.50. The fraction of sp³-hybridized carbons (Fsp3) is 0.667. The van der Waals surface area contributed by atoms with Gasteiger partial charge in [0.05, 0.1) is 0 Å². The summed E-state index contributed by atoms with van der Waals surface area (Å²) < 4.78 is 0. The summed E-state index contributed by atoms with van der Waals surface area (Å²) in [5.41, 5.74) is 4.62. The van der Waals surface area contributed by atoms with Crippen LogP contribution in [0.5, 0.6) is 0 Å². The first-order chi connectivity index (χ1) is 8.73. The van der Waals surface area contributed by atoms with Gasteiger partial charge in [-0.05, 0) is 56.2 Å². The SMILES string of the molecule is CNC(CC(C)CC(C)(C)C)c1cc(C)ccc1C. The van der Waals surface area contributed by atoms with Crippen molar-refractivity contribution in [3.05, 3.63) is 34.9 Å². The van der Waals surface area contributed by atoms with E-state index in [1.165, 1.54) is 29.5 Å². The second kappa shape index (κ2) is 6.56. The molecule has 2 unspecified atom stereocenters. The van der Waals surface area contributed by atoms with Crippen molar-refractivity contribution in [3.8, 4) is 0 Å². The molecule has 0 radical (unpaired) electrons. The Hall–Kier alpha value is -0.820. The molecule has 1 nitrogen and oxygen atoms in total. The minimum absolute atomic E-state index is 0.416. The average molecular weight is 261 g/mol. The highest BCUT2D eigenvalue weighted by Crippen LogP contribution is 2.31. The molecule has 1 heteroatoms. The highest BCUT2D eigenvalue weighted by molar-refractivity contribution is 5.33. The summed E-state index contributed by atoms with van der Waals surface area (Å²) in [5.74, 6) is 0.734. The van der Waals surface area contributed by atoms with Crippen LogP contribution in [-0.2, 0) is 0 Å². The van der Waals surface area contributed by atoms with Gasteiger partial charge in [-0.3, -0.25) is 0 Å². The lowest BCUT2D eigenvalue weighted by atomic mass is 9.81. The zero-order chi connectivity index (χ0) is 14.6. The van der Waals surface area contributed by atoms with E-state index < -0.39 is 0 Å². The fourth-order valence-corrected chi connectivity index (χ4v) is 3.07. The van der Waals surface area contributed by atoms with Crippen molar-refractivity contribution in [2.45, 2.75) is 60.4 Å². The summed E-state index contributed by atoms with van der Waals surface area (Å²) in [6, 6.07) is 7.24. The van der Waals surface area contributed by atoms with Crippen LogP contribution in [0.15, 0.2) is 18.2 Å². The summed E-state index contributed by atoms with van der Waals surface area (Å²) in [6.07, 6.45) is 2.48. The molecule has 1 aromatic rings. The number of benzene rings is 1. The minimum atomic E-state index is 0.416. The highest BCUT2D eigenvalue weighted by Gasteiger charge is 2.20. The molecule has 0 heterocycles. The monoisotopic (exact) mass is 261 g/mol. The van der Waals surface area contributed by atoms with Crippen molar-refractivity contribution in [2.24, 2.45) is 11.3 Å². The molecule has 0 saturated carbocycles. The van der Waals surface area contributed by atoms with Crippen LogP contribution in [0.2, 0.25) is 0 Å². The van der Waals surface area contributed by atoms with Crippen LogP contribution in [0.25, 0.3) is 0 Å². The van der Waals surface area contributed by atoms with Gasteiger partial charge in [0, 0.05) is 6.04 Å². The quantitative estimate of drug-likeness (QED) is 0.784. The smallest absolute Gasteiger partial charge is 0.0322 e. The molecule has 0 aliphatic heterocycles. The third-order valence-corrected chi connectivity index (χ3v) is 3.76. The number of hydrogen-bond donors (Lipinski definition) is 1. The van der Waals surface area contributed by atoms with Gasteiger partial charge < -0.3 is 5.32 Å². The van der Waals surface area contributed by atoms with Gasteiger partial charge in [-0.15, -0.1) is 0 Å². The molecule has 0 aromatic heterocycles. The summed E-state index contributed by atoms with van der Waals surface area (Å²) >= 11 is 0. The molecule has 2 atom stereocenters. The van der Waals surface area contributed by atoms with E-state index in [9.17, 15) is 0 Å². The van der Waals surface area contributed by atoms with Gasteiger partial charge in [0.15, 0.2) is 0 Å². The third kappa shape index (κ3) is 5.36. The summed E-state index contributed by atoms with van der Waals surface area (Å²) in [7, 11) is 2.08. The van der Waals surface area contributed by atoms with Gasteiger partial charge in [0.1, 0.15) is 0 Å². The van der Waals surface area contributed by atoms with E-state index in [0.29, 0.717) is 11.5 Å². The Morgan fingerprint density at radius 1 is 1.16 bits per heavy atom. The van der Waals surface area contributed by atoms with E-state index >= 15 is 0 Å².